The SMILES string of the molecule is CCNC(C)c1cccc(Oc2cccc([N+](=O)[O-])c2)c1. The van der Waals surface area contributed by atoms with Gasteiger partial charge in [-0.1, -0.05) is 25.1 Å². The number of nitro benzene ring substituents is 1. The van der Waals surface area contributed by atoms with Crippen molar-refractivity contribution in [1.29, 1.82) is 0 Å². The zero-order valence-corrected chi connectivity index (χ0v) is 12.1. The predicted octanol–water partition coefficient (Wildman–Crippen LogP) is 4.06. The average molecular weight is 286 g/mol. The van der Waals surface area contributed by atoms with Gasteiger partial charge in [-0.25, -0.2) is 0 Å². The molecule has 0 saturated carbocycles. The highest BCUT2D eigenvalue weighted by Crippen LogP contribution is 2.27. The first kappa shape index (κ1) is 15.0. The summed E-state index contributed by atoms with van der Waals surface area (Å²) in [4.78, 5) is 10.3. The van der Waals surface area contributed by atoms with E-state index in [0.29, 0.717) is 11.5 Å². The largest absolute Gasteiger partial charge is 0.457 e. The van der Waals surface area contributed by atoms with Crippen molar-refractivity contribution in [1.82, 2.24) is 5.32 Å². The lowest BCUT2D eigenvalue weighted by atomic mass is 10.1. The van der Waals surface area contributed by atoms with Crippen molar-refractivity contribution in [3.05, 3.63) is 64.2 Å². The lowest BCUT2D eigenvalue weighted by molar-refractivity contribution is -0.384. The van der Waals surface area contributed by atoms with Crippen LogP contribution in [0.3, 0.4) is 0 Å². The Hall–Kier alpha value is -2.40. The number of benzene rings is 2. The van der Waals surface area contributed by atoms with Crippen LogP contribution in [0.1, 0.15) is 25.5 Å². The molecule has 0 heterocycles. The van der Waals surface area contributed by atoms with Crippen LogP contribution in [0.25, 0.3) is 0 Å². The number of rotatable bonds is 6. The molecular formula is C16H18N2O3. The maximum atomic E-state index is 10.8. The molecular weight excluding hydrogens is 268 g/mol. The van der Waals surface area contributed by atoms with Gasteiger partial charge in [0.1, 0.15) is 11.5 Å². The zero-order valence-electron chi connectivity index (χ0n) is 12.1. The quantitative estimate of drug-likeness (QED) is 0.642. The molecule has 0 saturated heterocycles. The second kappa shape index (κ2) is 6.85. The van der Waals surface area contributed by atoms with Crippen molar-refractivity contribution in [2.24, 2.45) is 0 Å². The molecule has 0 aliphatic rings. The Balaban J connectivity index is 2.18. The van der Waals surface area contributed by atoms with Crippen molar-refractivity contribution in [2.45, 2.75) is 19.9 Å². The topological polar surface area (TPSA) is 64.4 Å². The van der Waals surface area contributed by atoms with E-state index in [1.54, 1.807) is 12.1 Å². The van der Waals surface area contributed by atoms with Crippen LogP contribution in [0.5, 0.6) is 11.5 Å². The Morgan fingerprint density at radius 1 is 1.19 bits per heavy atom. The fraction of sp³-hybridized carbons (Fsp3) is 0.250. The van der Waals surface area contributed by atoms with E-state index in [4.69, 9.17) is 4.74 Å². The number of nitrogens with zero attached hydrogens (tertiary/aromatic N) is 1. The van der Waals surface area contributed by atoms with Crippen molar-refractivity contribution in [3.63, 3.8) is 0 Å². The number of hydrogen-bond acceptors (Lipinski definition) is 4. The summed E-state index contributed by atoms with van der Waals surface area (Å²) < 4.78 is 5.71. The fourth-order valence-corrected chi connectivity index (χ4v) is 2.07. The van der Waals surface area contributed by atoms with E-state index in [0.717, 1.165) is 12.1 Å². The first-order valence-electron chi connectivity index (χ1n) is 6.86. The molecule has 0 spiro atoms. The highest BCUT2D eigenvalue weighted by atomic mass is 16.6. The van der Waals surface area contributed by atoms with Gasteiger partial charge >= 0.3 is 0 Å². The Kier molecular flexibility index (Phi) is 4.90. The van der Waals surface area contributed by atoms with Crippen molar-refractivity contribution < 1.29 is 9.66 Å². The molecule has 1 unspecified atom stereocenters. The molecule has 110 valence electrons. The standard InChI is InChI=1S/C16H18N2O3/c1-3-17-12(2)13-6-4-8-15(10-13)21-16-9-5-7-14(11-16)18(19)20/h4-12,17H,3H2,1-2H3. The maximum absolute atomic E-state index is 10.8. The van der Waals surface area contributed by atoms with Gasteiger partial charge in [0.25, 0.3) is 5.69 Å². The summed E-state index contributed by atoms with van der Waals surface area (Å²) in [5.74, 6) is 1.12. The number of nitro groups is 1. The first-order chi connectivity index (χ1) is 10.1. The minimum atomic E-state index is -0.434. The van der Waals surface area contributed by atoms with Crippen molar-refractivity contribution >= 4 is 5.69 Å². The lowest BCUT2D eigenvalue weighted by Gasteiger charge is -2.14. The molecule has 2 aromatic carbocycles. The third-order valence-electron chi connectivity index (χ3n) is 3.13. The van der Waals surface area contributed by atoms with Gasteiger partial charge in [0.15, 0.2) is 0 Å². The minimum absolute atomic E-state index is 0.0182. The molecule has 0 amide bonds. The number of nitrogens with one attached hydrogen (secondary N) is 1. The van der Waals surface area contributed by atoms with Gasteiger partial charge < -0.3 is 10.1 Å². The zero-order chi connectivity index (χ0) is 15.2. The molecule has 0 aliphatic carbocycles. The van der Waals surface area contributed by atoms with Crippen LogP contribution in [-0.2, 0) is 0 Å². The van der Waals surface area contributed by atoms with E-state index < -0.39 is 4.92 Å². The third kappa shape index (κ3) is 4.03. The Bertz CT molecular complexity index is 628. The molecule has 0 fully saturated rings. The highest BCUT2D eigenvalue weighted by molar-refractivity contribution is 5.41. The Labute approximate surface area is 123 Å². The smallest absolute Gasteiger partial charge is 0.273 e. The van der Waals surface area contributed by atoms with Crippen LogP contribution in [0.4, 0.5) is 5.69 Å². The summed E-state index contributed by atoms with van der Waals surface area (Å²) in [6, 6.07) is 14.1. The predicted molar refractivity (Wildman–Crippen MR) is 81.7 cm³/mol. The minimum Gasteiger partial charge on any atom is -0.457 e. The van der Waals surface area contributed by atoms with Crippen LogP contribution < -0.4 is 10.1 Å². The first-order valence-corrected chi connectivity index (χ1v) is 6.86. The molecule has 0 aliphatic heterocycles. The van der Waals surface area contributed by atoms with E-state index >= 15 is 0 Å². The second-order valence-electron chi connectivity index (χ2n) is 4.71. The van der Waals surface area contributed by atoms with E-state index in [1.165, 1.54) is 12.1 Å². The van der Waals surface area contributed by atoms with Crippen molar-refractivity contribution in [2.75, 3.05) is 6.54 Å². The molecule has 0 bridgehead atoms. The average Bonchev–Trinajstić information content (AvgIpc) is 2.48. The molecule has 2 aromatic rings. The van der Waals surface area contributed by atoms with Gasteiger partial charge in [0.2, 0.25) is 0 Å². The van der Waals surface area contributed by atoms with E-state index in [9.17, 15) is 10.1 Å². The molecule has 2 rings (SSSR count). The molecule has 21 heavy (non-hydrogen) atoms. The third-order valence-corrected chi connectivity index (χ3v) is 3.13. The molecule has 0 aromatic heterocycles. The van der Waals surface area contributed by atoms with Crippen LogP contribution in [0.2, 0.25) is 0 Å². The van der Waals surface area contributed by atoms with Gasteiger partial charge in [-0.3, -0.25) is 10.1 Å². The van der Waals surface area contributed by atoms with Crippen LogP contribution >= 0.6 is 0 Å². The second-order valence-corrected chi connectivity index (χ2v) is 4.71. The number of hydrogen-bond donors (Lipinski definition) is 1. The summed E-state index contributed by atoms with van der Waals surface area (Å²) in [7, 11) is 0. The van der Waals surface area contributed by atoms with E-state index in [1.807, 2.05) is 24.3 Å². The van der Waals surface area contributed by atoms with Crippen LogP contribution in [0, 0.1) is 10.1 Å². The molecule has 5 heteroatoms. The van der Waals surface area contributed by atoms with Gasteiger partial charge in [-0.2, -0.15) is 0 Å². The summed E-state index contributed by atoms with van der Waals surface area (Å²) >= 11 is 0. The number of ether oxygens (including phenoxy) is 1. The van der Waals surface area contributed by atoms with Gasteiger partial charge in [-0.05, 0) is 37.2 Å². The van der Waals surface area contributed by atoms with Crippen LogP contribution in [0.15, 0.2) is 48.5 Å². The Morgan fingerprint density at radius 3 is 2.52 bits per heavy atom. The van der Waals surface area contributed by atoms with Gasteiger partial charge in [0, 0.05) is 12.1 Å². The molecule has 0 radical (unpaired) electrons. The Morgan fingerprint density at radius 2 is 1.86 bits per heavy atom. The van der Waals surface area contributed by atoms with Gasteiger partial charge in [-0.15, -0.1) is 0 Å². The van der Waals surface area contributed by atoms with Crippen molar-refractivity contribution in [3.8, 4) is 11.5 Å². The lowest BCUT2D eigenvalue weighted by Crippen LogP contribution is -2.17. The number of non-ortho nitro benzene ring substituents is 1. The normalized spacial score (nSPS) is 11.9. The van der Waals surface area contributed by atoms with Gasteiger partial charge in [0.05, 0.1) is 11.0 Å². The monoisotopic (exact) mass is 286 g/mol. The summed E-state index contributed by atoms with van der Waals surface area (Å²) in [5.41, 5.74) is 1.13. The summed E-state index contributed by atoms with van der Waals surface area (Å²) in [5, 5.41) is 14.1. The summed E-state index contributed by atoms with van der Waals surface area (Å²) in [6.07, 6.45) is 0. The molecule has 5 nitrogen and oxygen atoms in total. The van der Waals surface area contributed by atoms with Crippen LogP contribution in [-0.4, -0.2) is 11.5 Å². The fourth-order valence-electron chi connectivity index (χ4n) is 2.07. The molecule has 1 N–H and O–H groups in total. The van der Waals surface area contributed by atoms with E-state index in [2.05, 4.69) is 19.2 Å². The summed E-state index contributed by atoms with van der Waals surface area (Å²) in [6.45, 7) is 5.02. The maximum Gasteiger partial charge on any atom is 0.273 e. The highest BCUT2D eigenvalue weighted by Gasteiger charge is 2.08. The van der Waals surface area contributed by atoms with E-state index in [-0.39, 0.29) is 11.7 Å². The molecule has 1 atom stereocenters.